The average molecular weight is 298 g/mol. The number of hydrogen-bond donors (Lipinski definition) is 0. The summed E-state index contributed by atoms with van der Waals surface area (Å²) in [6.45, 7) is 2.00. The highest BCUT2D eigenvalue weighted by Crippen LogP contribution is 2.47. The zero-order valence-corrected chi connectivity index (χ0v) is 13.4. The van der Waals surface area contributed by atoms with Gasteiger partial charge in [-0.15, -0.1) is 0 Å². The van der Waals surface area contributed by atoms with Gasteiger partial charge in [-0.25, -0.2) is 0 Å². The first kappa shape index (κ1) is 14.7. The lowest BCUT2D eigenvalue weighted by Crippen LogP contribution is -2.25. The third-order valence-corrected chi connectivity index (χ3v) is 3.82. The molecule has 22 heavy (non-hydrogen) atoms. The Labute approximate surface area is 131 Å². The van der Waals surface area contributed by atoms with Gasteiger partial charge in [0.15, 0.2) is 11.5 Å². The molecule has 116 valence electrons. The summed E-state index contributed by atoms with van der Waals surface area (Å²) in [7, 11) is 5.89. The van der Waals surface area contributed by atoms with Gasteiger partial charge in [-0.3, -0.25) is 0 Å². The molecule has 0 atom stereocenters. The summed E-state index contributed by atoms with van der Waals surface area (Å²) in [5.74, 6) is 2.63. The summed E-state index contributed by atoms with van der Waals surface area (Å²) in [5.41, 5.74) is 2.18. The highest BCUT2D eigenvalue weighted by atomic mass is 16.5. The Morgan fingerprint density at radius 2 is 1.82 bits per heavy atom. The molecular weight excluding hydrogens is 276 g/mol. The van der Waals surface area contributed by atoms with Crippen molar-refractivity contribution in [2.24, 2.45) is 0 Å². The predicted octanol–water partition coefficient (Wildman–Crippen LogP) is 3.89. The van der Waals surface area contributed by atoms with E-state index in [4.69, 9.17) is 9.47 Å². The minimum absolute atomic E-state index is 0.847. The van der Waals surface area contributed by atoms with Crippen LogP contribution in [0.1, 0.15) is 6.42 Å². The summed E-state index contributed by atoms with van der Waals surface area (Å²) in [5, 5.41) is 0. The molecule has 2 aromatic rings. The largest absolute Gasteiger partial charge is 0.497 e. The number of anilines is 2. The monoisotopic (exact) mass is 298 g/mol. The van der Waals surface area contributed by atoms with Crippen molar-refractivity contribution in [2.45, 2.75) is 6.42 Å². The number of nitrogens with zero attached hydrogens (tertiary/aromatic N) is 2. The van der Waals surface area contributed by atoms with Crippen molar-refractivity contribution in [3.8, 4) is 17.2 Å². The van der Waals surface area contributed by atoms with Gasteiger partial charge in [0, 0.05) is 12.6 Å². The zero-order chi connectivity index (χ0) is 15.5. The van der Waals surface area contributed by atoms with Gasteiger partial charge in [-0.2, -0.15) is 0 Å². The van der Waals surface area contributed by atoms with Crippen LogP contribution in [0.5, 0.6) is 17.2 Å². The van der Waals surface area contributed by atoms with Crippen LogP contribution in [-0.4, -0.2) is 39.2 Å². The second-order valence-electron chi connectivity index (χ2n) is 5.71. The third-order valence-electron chi connectivity index (χ3n) is 3.82. The zero-order valence-electron chi connectivity index (χ0n) is 13.4. The van der Waals surface area contributed by atoms with E-state index >= 15 is 0 Å². The summed E-state index contributed by atoms with van der Waals surface area (Å²) >= 11 is 0. The lowest BCUT2D eigenvalue weighted by molar-refractivity contribution is 0.399. The lowest BCUT2D eigenvalue weighted by atomic mass is 10.1. The molecule has 0 fully saturated rings. The van der Waals surface area contributed by atoms with Crippen molar-refractivity contribution in [2.75, 3.05) is 39.2 Å². The Kier molecular flexibility index (Phi) is 4.20. The topological polar surface area (TPSA) is 24.9 Å². The van der Waals surface area contributed by atoms with Crippen LogP contribution in [0, 0.1) is 0 Å². The molecule has 0 unspecified atom stereocenters. The van der Waals surface area contributed by atoms with E-state index in [0.29, 0.717) is 0 Å². The van der Waals surface area contributed by atoms with Crippen LogP contribution < -0.4 is 14.4 Å². The molecule has 0 spiro atoms. The lowest BCUT2D eigenvalue weighted by Gasteiger charge is -2.33. The van der Waals surface area contributed by atoms with E-state index in [1.54, 1.807) is 7.11 Å². The van der Waals surface area contributed by atoms with Gasteiger partial charge < -0.3 is 19.3 Å². The van der Waals surface area contributed by atoms with E-state index < -0.39 is 0 Å². The summed E-state index contributed by atoms with van der Waals surface area (Å²) < 4.78 is 11.4. The van der Waals surface area contributed by atoms with Crippen LogP contribution in [-0.2, 0) is 0 Å². The summed E-state index contributed by atoms with van der Waals surface area (Å²) in [6.07, 6.45) is 1.08. The molecule has 0 amide bonds. The van der Waals surface area contributed by atoms with Crippen molar-refractivity contribution in [3.05, 3.63) is 42.5 Å². The minimum atomic E-state index is 0.847. The highest BCUT2D eigenvalue weighted by molar-refractivity contribution is 5.78. The predicted molar refractivity (Wildman–Crippen MR) is 89.7 cm³/mol. The maximum Gasteiger partial charge on any atom is 0.151 e. The molecule has 4 nitrogen and oxygen atoms in total. The van der Waals surface area contributed by atoms with E-state index in [2.05, 4.69) is 30.0 Å². The number of ether oxygens (including phenoxy) is 2. The third kappa shape index (κ3) is 2.88. The Bertz CT molecular complexity index is 655. The van der Waals surface area contributed by atoms with Crippen LogP contribution in [0.2, 0.25) is 0 Å². The number of methoxy groups -OCH3 is 1. The first-order chi connectivity index (χ1) is 10.7. The SMILES string of the molecule is COc1ccc2c(c1)N(CCCN(C)C)c1ccccc1O2. The fourth-order valence-electron chi connectivity index (χ4n) is 2.72. The quantitative estimate of drug-likeness (QED) is 0.836. The molecule has 0 bridgehead atoms. The summed E-state index contributed by atoms with van der Waals surface area (Å²) in [4.78, 5) is 4.53. The second kappa shape index (κ2) is 6.28. The number of benzene rings is 2. The number of fused-ring (bicyclic) bond motifs is 2. The first-order valence-corrected chi connectivity index (χ1v) is 7.56. The molecule has 2 aromatic carbocycles. The Balaban J connectivity index is 1.95. The second-order valence-corrected chi connectivity index (χ2v) is 5.71. The highest BCUT2D eigenvalue weighted by Gasteiger charge is 2.24. The van der Waals surface area contributed by atoms with E-state index in [0.717, 1.165) is 48.1 Å². The first-order valence-electron chi connectivity index (χ1n) is 7.56. The van der Waals surface area contributed by atoms with Crippen LogP contribution >= 0.6 is 0 Å². The normalized spacial score (nSPS) is 12.6. The van der Waals surface area contributed by atoms with Gasteiger partial charge in [-0.05, 0) is 51.3 Å². The van der Waals surface area contributed by atoms with E-state index in [1.807, 2.05) is 36.4 Å². The van der Waals surface area contributed by atoms with Gasteiger partial charge in [0.1, 0.15) is 5.75 Å². The van der Waals surface area contributed by atoms with E-state index in [1.165, 1.54) is 0 Å². The van der Waals surface area contributed by atoms with Crippen molar-refractivity contribution >= 4 is 11.4 Å². The van der Waals surface area contributed by atoms with Crippen molar-refractivity contribution in [1.82, 2.24) is 4.90 Å². The van der Waals surface area contributed by atoms with Gasteiger partial charge in [0.2, 0.25) is 0 Å². The number of hydrogen-bond acceptors (Lipinski definition) is 4. The van der Waals surface area contributed by atoms with Crippen molar-refractivity contribution < 1.29 is 9.47 Å². The standard InChI is InChI=1S/C18H22N2O2/c1-19(2)11-6-12-20-15-7-4-5-8-17(15)22-18-10-9-14(21-3)13-16(18)20/h4-5,7-10,13H,6,11-12H2,1-3H3. The molecule has 0 aromatic heterocycles. The molecule has 1 aliphatic heterocycles. The van der Waals surface area contributed by atoms with Crippen LogP contribution in [0.3, 0.4) is 0 Å². The maximum absolute atomic E-state index is 6.03. The Hall–Kier alpha value is -2.20. The fraction of sp³-hybridized carbons (Fsp3) is 0.333. The Morgan fingerprint density at radius 1 is 1.05 bits per heavy atom. The smallest absolute Gasteiger partial charge is 0.151 e. The molecular formula is C18H22N2O2. The molecule has 1 heterocycles. The maximum atomic E-state index is 6.03. The van der Waals surface area contributed by atoms with Crippen molar-refractivity contribution in [3.63, 3.8) is 0 Å². The van der Waals surface area contributed by atoms with Gasteiger partial charge >= 0.3 is 0 Å². The molecule has 0 saturated carbocycles. The number of para-hydroxylation sites is 2. The van der Waals surface area contributed by atoms with E-state index in [9.17, 15) is 0 Å². The summed E-state index contributed by atoms with van der Waals surface area (Å²) in [6, 6.07) is 14.1. The van der Waals surface area contributed by atoms with Crippen molar-refractivity contribution in [1.29, 1.82) is 0 Å². The Morgan fingerprint density at radius 3 is 2.59 bits per heavy atom. The molecule has 1 aliphatic rings. The molecule has 0 radical (unpaired) electrons. The van der Waals surface area contributed by atoms with Crippen LogP contribution in [0.15, 0.2) is 42.5 Å². The average Bonchev–Trinajstić information content (AvgIpc) is 2.53. The van der Waals surface area contributed by atoms with Crippen LogP contribution in [0.25, 0.3) is 0 Å². The molecule has 4 heteroatoms. The van der Waals surface area contributed by atoms with E-state index in [-0.39, 0.29) is 0 Å². The molecule has 3 rings (SSSR count). The number of rotatable bonds is 5. The van der Waals surface area contributed by atoms with Gasteiger partial charge in [0.25, 0.3) is 0 Å². The van der Waals surface area contributed by atoms with Gasteiger partial charge in [0.05, 0.1) is 18.5 Å². The molecule has 0 N–H and O–H groups in total. The van der Waals surface area contributed by atoms with Crippen LogP contribution in [0.4, 0.5) is 11.4 Å². The van der Waals surface area contributed by atoms with Gasteiger partial charge in [-0.1, -0.05) is 12.1 Å². The fourth-order valence-corrected chi connectivity index (χ4v) is 2.72. The molecule has 0 aliphatic carbocycles. The molecule has 0 saturated heterocycles. The minimum Gasteiger partial charge on any atom is -0.497 e.